The second-order valence-electron chi connectivity index (χ2n) is 7.04. The number of rotatable bonds is 9. The molecule has 1 aromatic heterocycles. The zero-order valence-electron chi connectivity index (χ0n) is 15.4. The molecule has 1 aromatic carbocycles. The minimum atomic E-state index is 0.328. The van der Waals surface area contributed by atoms with Crippen LogP contribution in [0.15, 0.2) is 48.7 Å². The summed E-state index contributed by atoms with van der Waals surface area (Å²) >= 11 is 0. The first-order chi connectivity index (χ1) is 12.2. The van der Waals surface area contributed by atoms with Gasteiger partial charge < -0.3 is 15.0 Å². The lowest BCUT2D eigenvalue weighted by Crippen LogP contribution is -2.43. The highest BCUT2D eigenvalue weighted by Crippen LogP contribution is 2.43. The molecule has 0 bridgehead atoms. The van der Waals surface area contributed by atoms with Crippen LogP contribution in [-0.4, -0.2) is 38.8 Å². The van der Waals surface area contributed by atoms with Gasteiger partial charge in [0.25, 0.3) is 0 Å². The molecule has 1 aliphatic carbocycles. The lowest BCUT2D eigenvalue weighted by atomic mass is 9.64. The van der Waals surface area contributed by atoms with E-state index in [1.165, 1.54) is 30.4 Å². The van der Waals surface area contributed by atoms with Crippen LogP contribution >= 0.6 is 0 Å². The summed E-state index contributed by atoms with van der Waals surface area (Å²) in [4.78, 5) is 6.68. The molecule has 0 amide bonds. The van der Waals surface area contributed by atoms with Gasteiger partial charge >= 0.3 is 0 Å². The van der Waals surface area contributed by atoms with Crippen LogP contribution in [0.4, 0.5) is 5.82 Å². The number of hydrogen-bond donors (Lipinski definition) is 1. The highest BCUT2D eigenvalue weighted by molar-refractivity contribution is 5.38. The van der Waals surface area contributed by atoms with Crippen LogP contribution < -0.4 is 10.2 Å². The Balaban J connectivity index is 1.52. The second-order valence-corrected chi connectivity index (χ2v) is 7.04. The quantitative estimate of drug-likeness (QED) is 0.760. The van der Waals surface area contributed by atoms with Gasteiger partial charge in [0.1, 0.15) is 5.82 Å². The molecule has 0 saturated heterocycles. The molecule has 0 spiro atoms. The fraction of sp³-hybridized carbons (Fsp3) is 0.476. The van der Waals surface area contributed by atoms with Crippen LogP contribution in [0, 0.1) is 0 Å². The molecule has 1 saturated carbocycles. The fourth-order valence-electron chi connectivity index (χ4n) is 3.50. The molecule has 0 radical (unpaired) electrons. The number of anilines is 1. The summed E-state index contributed by atoms with van der Waals surface area (Å²) in [6, 6.07) is 15.2. The Morgan fingerprint density at radius 3 is 2.56 bits per heavy atom. The monoisotopic (exact) mass is 339 g/mol. The second kappa shape index (κ2) is 8.45. The van der Waals surface area contributed by atoms with Gasteiger partial charge in [-0.05, 0) is 30.0 Å². The van der Waals surface area contributed by atoms with E-state index >= 15 is 0 Å². The first kappa shape index (κ1) is 17.9. The van der Waals surface area contributed by atoms with E-state index in [1.807, 2.05) is 13.2 Å². The van der Waals surface area contributed by atoms with Crippen LogP contribution in [0.5, 0.6) is 0 Å². The van der Waals surface area contributed by atoms with Gasteiger partial charge in [-0.25, -0.2) is 4.98 Å². The first-order valence-corrected chi connectivity index (χ1v) is 9.15. The molecule has 1 heterocycles. The van der Waals surface area contributed by atoms with Gasteiger partial charge in [-0.15, -0.1) is 0 Å². The Morgan fingerprint density at radius 1 is 1.16 bits per heavy atom. The third-order valence-corrected chi connectivity index (χ3v) is 5.32. The molecular formula is C21H29N3O. The van der Waals surface area contributed by atoms with Crippen molar-refractivity contribution in [1.29, 1.82) is 0 Å². The minimum absolute atomic E-state index is 0.328. The smallest absolute Gasteiger partial charge is 0.128 e. The summed E-state index contributed by atoms with van der Waals surface area (Å²) in [7, 11) is 3.76. The summed E-state index contributed by atoms with van der Waals surface area (Å²) in [5.74, 6) is 0.987. The van der Waals surface area contributed by atoms with Crippen molar-refractivity contribution in [3.63, 3.8) is 0 Å². The molecule has 4 heteroatoms. The number of ether oxygens (including phenoxy) is 1. The van der Waals surface area contributed by atoms with Crippen molar-refractivity contribution in [2.45, 2.75) is 31.2 Å². The summed E-state index contributed by atoms with van der Waals surface area (Å²) in [5, 5.41) is 3.65. The highest BCUT2D eigenvalue weighted by atomic mass is 16.5. The summed E-state index contributed by atoms with van der Waals surface area (Å²) < 4.78 is 5.12. The zero-order valence-corrected chi connectivity index (χ0v) is 15.4. The number of nitrogens with zero attached hydrogens (tertiary/aromatic N) is 2. The van der Waals surface area contributed by atoms with Crippen molar-refractivity contribution in [2.75, 3.05) is 38.8 Å². The van der Waals surface area contributed by atoms with E-state index in [1.54, 1.807) is 7.11 Å². The Bertz CT molecular complexity index is 638. The zero-order chi connectivity index (χ0) is 17.5. The predicted octanol–water partition coefficient (Wildman–Crippen LogP) is 3.38. The first-order valence-electron chi connectivity index (χ1n) is 9.15. The standard InChI is InChI=1S/C21H29N3O/c1-24(13-14-25-2)20-10-9-18(16-23-20)15-22-17-21(11-6-12-21)19-7-4-3-5-8-19/h3-5,7-10,16,22H,6,11-15,17H2,1-2H3. The summed E-state index contributed by atoms with van der Waals surface area (Å²) in [5.41, 5.74) is 3.03. The molecule has 1 N–H and O–H groups in total. The van der Waals surface area contributed by atoms with Gasteiger partial charge in [0, 0.05) is 45.4 Å². The van der Waals surface area contributed by atoms with Crippen LogP contribution in [0.2, 0.25) is 0 Å². The molecule has 2 aromatic rings. The third-order valence-electron chi connectivity index (χ3n) is 5.32. The Hall–Kier alpha value is -1.91. The molecule has 134 valence electrons. The maximum absolute atomic E-state index is 5.12. The Kier molecular flexibility index (Phi) is 6.05. The predicted molar refractivity (Wildman–Crippen MR) is 103 cm³/mol. The maximum atomic E-state index is 5.12. The van der Waals surface area contributed by atoms with E-state index in [-0.39, 0.29) is 0 Å². The van der Waals surface area contributed by atoms with Crippen molar-refractivity contribution < 1.29 is 4.74 Å². The third kappa shape index (κ3) is 4.39. The number of hydrogen-bond acceptors (Lipinski definition) is 4. The van der Waals surface area contributed by atoms with Crippen LogP contribution in [0.1, 0.15) is 30.4 Å². The van der Waals surface area contributed by atoms with Crippen molar-refractivity contribution in [3.05, 3.63) is 59.8 Å². The van der Waals surface area contributed by atoms with Crippen LogP contribution in [-0.2, 0) is 16.7 Å². The van der Waals surface area contributed by atoms with Crippen molar-refractivity contribution in [2.24, 2.45) is 0 Å². The van der Waals surface area contributed by atoms with Gasteiger partial charge in [0.2, 0.25) is 0 Å². The van der Waals surface area contributed by atoms with E-state index in [2.05, 4.69) is 57.7 Å². The average Bonchev–Trinajstić information content (AvgIpc) is 2.63. The number of methoxy groups -OCH3 is 1. The van der Waals surface area contributed by atoms with E-state index in [0.717, 1.165) is 25.5 Å². The fourth-order valence-corrected chi connectivity index (χ4v) is 3.50. The van der Waals surface area contributed by atoms with Crippen molar-refractivity contribution in [3.8, 4) is 0 Å². The van der Waals surface area contributed by atoms with Crippen LogP contribution in [0.3, 0.4) is 0 Å². The average molecular weight is 339 g/mol. The number of aromatic nitrogens is 1. The maximum Gasteiger partial charge on any atom is 0.128 e. The lowest BCUT2D eigenvalue weighted by molar-refractivity contribution is 0.206. The van der Waals surface area contributed by atoms with Gasteiger partial charge in [-0.1, -0.05) is 42.8 Å². The van der Waals surface area contributed by atoms with E-state index in [0.29, 0.717) is 12.0 Å². The van der Waals surface area contributed by atoms with E-state index in [4.69, 9.17) is 4.74 Å². The van der Waals surface area contributed by atoms with Gasteiger partial charge in [0.05, 0.1) is 6.61 Å². The van der Waals surface area contributed by atoms with Gasteiger partial charge in [-0.3, -0.25) is 0 Å². The molecule has 25 heavy (non-hydrogen) atoms. The van der Waals surface area contributed by atoms with Crippen molar-refractivity contribution >= 4 is 5.82 Å². The molecule has 4 nitrogen and oxygen atoms in total. The Labute approximate surface area is 151 Å². The molecule has 1 aliphatic rings. The van der Waals surface area contributed by atoms with Gasteiger partial charge in [-0.2, -0.15) is 0 Å². The highest BCUT2D eigenvalue weighted by Gasteiger charge is 2.37. The van der Waals surface area contributed by atoms with E-state index in [9.17, 15) is 0 Å². The SMILES string of the molecule is COCCN(C)c1ccc(CNCC2(c3ccccc3)CCC2)cn1. The molecule has 3 rings (SSSR count). The number of benzene rings is 1. The summed E-state index contributed by atoms with van der Waals surface area (Å²) in [6.07, 6.45) is 5.87. The van der Waals surface area contributed by atoms with Crippen molar-refractivity contribution in [1.82, 2.24) is 10.3 Å². The molecule has 0 atom stereocenters. The number of nitrogens with one attached hydrogen (secondary N) is 1. The summed E-state index contributed by atoms with van der Waals surface area (Å²) in [6.45, 7) is 3.46. The topological polar surface area (TPSA) is 37.4 Å². The molecule has 0 unspecified atom stereocenters. The van der Waals surface area contributed by atoms with Gasteiger partial charge in [0.15, 0.2) is 0 Å². The molecule has 1 fully saturated rings. The largest absolute Gasteiger partial charge is 0.383 e. The number of pyridine rings is 1. The molecule has 0 aliphatic heterocycles. The van der Waals surface area contributed by atoms with E-state index < -0.39 is 0 Å². The Morgan fingerprint density at radius 2 is 1.96 bits per heavy atom. The number of likely N-dealkylation sites (N-methyl/N-ethyl adjacent to an activating group) is 1. The molecular weight excluding hydrogens is 310 g/mol. The minimum Gasteiger partial charge on any atom is -0.383 e. The lowest BCUT2D eigenvalue weighted by Gasteiger charge is -2.43. The normalized spacial score (nSPS) is 15.6. The van der Waals surface area contributed by atoms with Crippen LogP contribution in [0.25, 0.3) is 0 Å².